The van der Waals surface area contributed by atoms with Crippen molar-refractivity contribution in [2.45, 2.75) is 12.2 Å². The number of aromatic nitrogens is 4. The maximum atomic E-state index is 11.9. The number of halogens is 2. The van der Waals surface area contributed by atoms with Crippen molar-refractivity contribution in [3.63, 3.8) is 0 Å². The summed E-state index contributed by atoms with van der Waals surface area (Å²) in [6.45, 7) is -0.696. The van der Waals surface area contributed by atoms with Gasteiger partial charge in [0.1, 0.15) is 24.4 Å². The summed E-state index contributed by atoms with van der Waals surface area (Å²) in [4.78, 5) is 11.9. The van der Waals surface area contributed by atoms with Gasteiger partial charge in [0.25, 0.3) is 6.43 Å². The summed E-state index contributed by atoms with van der Waals surface area (Å²) in [5, 5.41) is 3.74. The van der Waals surface area contributed by atoms with Crippen LogP contribution in [0.3, 0.4) is 0 Å². The van der Waals surface area contributed by atoms with Gasteiger partial charge in [0.2, 0.25) is 17.6 Å². The molecular weight excluding hydrogens is 334 g/mol. The van der Waals surface area contributed by atoms with Crippen LogP contribution in [-0.2, 0) is 21.3 Å². The average molecular weight is 348 g/mol. The number of ether oxygens (including phenoxy) is 2. The smallest absolute Gasteiger partial charge is 0.261 e. The highest BCUT2D eigenvalue weighted by Gasteiger charge is 2.13. The van der Waals surface area contributed by atoms with E-state index < -0.39 is 23.8 Å². The maximum Gasteiger partial charge on any atom is 0.261 e. The van der Waals surface area contributed by atoms with E-state index >= 15 is 0 Å². The normalized spacial score (nSPS) is 12.5. The Morgan fingerprint density at radius 1 is 1.39 bits per heavy atom. The van der Waals surface area contributed by atoms with Crippen molar-refractivity contribution >= 4 is 10.8 Å². The van der Waals surface area contributed by atoms with Crippen LogP contribution in [0.5, 0.6) is 5.88 Å². The van der Waals surface area contributed by atoms with Crippen molar-refractivity contribution in [3.05, 3.63) is 18.3 Å². The molecule has 0 spiro atoms. The maximum absolute atomic E-state index is 11.9. The minimum Gasteiger partial charge on any atom is -0.481 e. The molecular formula is C12H14F2N4O4S. The third-order valence-electron chi connectivity index (χ3n) is 2.53. The molecule has 2 aromatic heterocycles. The monoisotopic (exact) mass is 348 g/mol. The molecule has 0 aliphatic heterocycles. The van der Waals surface area contributed by atoms with Gasteiger partial charge >= 0.3 is 0 Å². The first-order valence-corrected chi connectivity index (χ1v) is 7.97. The van der Waals surface area contributed by atoms with E-state index in [0.29, 0.717) is 11.6 Å². The predicted molar refractivity (Wildman–Crippen MR) is 75.4 cm³/mol. The second-order valence-electron chi connectivity index (χ2n) is 4.21. The highest BCUT2D eigenvalue weighted by Crippen LogP contribution is 2.16. The lowest BCUT2D eigenvalue weighted by molar-refractivity contribution is 0.0235. The van der Waals surface area contributed by atoms with Crippen LogP contribution in [0.1, 0.15) is 5.89 Å². The molecule has 126 valence electrons. The zero-order valence-corrected chi connectivity index (χ0v) is 13.0. The Morgan fingerprint density at radius 3 is 2.96 bits per heavy atom. The summed E-state index contributed by atoms with van der Waals surface area (Å²) < 4.78 is 50.1. The summed E-state index contributed by atoms with van der Waals surface area (Å²) in [6.07, 6.45) is -1.24. The lowest BCUT2D eigenvalue weighted by Gasteiger charge is -2.02. The van der Waals surface area contributed by atoms with Gasteiger partial charge in [-0.2, -0.15) is 4.98 Å². The van der Waals surface area contributed by atoms with Crippen LogP contribution in [0.15, 0.2) is 16.9 Å². The second kappa shape index (κ2) is 8.58. The Kier molecular flexibility index (Phi) is 6.47. The summed E-state index contributed by atoms with van der Waals surface area (Å²) >= 11 is 0. The summed E-state index contributed by atoms with van der Waals surface area (Å²) in [6, 6.07) is 1.53. The standard InChI is InChI=1S/C12H14F2N4O4S/c1-20-10-4-8(15-7-16-10)12-17-11(22-18-12)6-23(19)3-2-21-5-9(13)14/h4,7,9H,2-3,5-6H2,1H3. The molecule has 0 aliphatic rings. The van der Waals surface area contributed by atoms with Gasteiger partial charge < -0.3 is 14.0 Å². The van der Waals surface area contributed by atoms with Crippen LogP contribution in [0.2, 0.25) is 0 Å². The van der Waals surface area contributed by atoms with Gasteiger partial charge in [-0.05, 0) is 0 Å². The zero-order chi connectivity index (χ0) is 16.7. The Labute approximate surface area is 132 Å². The number of rotatable bonds is 9. The number of methoxy groups -OCH3 is 1. The first-order chi connectivity index (χ1) is 11.1. The molecule has 0 fully saturated rings. The van der Waals surface area contributed by atoms with Gasteiger partial charge in [0, 0.05) is 22.6 Å². The molecule has 0 bridgehead atoms. The minimum absolute atomic E-state index is 0.00720. The lowest BCUT2D eigenvalue weighted by Crippen LogP contribution is -2.12. The second-order valence-corrected chi connectivity index (χ2v) is 5.79. The quantitative estimate of drug-likeness (QED) is 0.620. The van der Waals surface area contributed by atoms with Gasteiger partial charge in [-0.3, -0.25) is 4.21 Å². The molecule has 0 radical (unpaired) electrons. The SMILES string of the molecule is COc1cc(-c2noc(CS(=O)CCOCC(F)F)n2)ncn1. The van der Waals surface area contributed by atoms with Gasteiger partial charge in [0.05, 0.1) is 13.7 Å². The fourth-order valence-electron chi connectivity index (χ4n) is 1.53. The molecule has 0 saturated carbocycles. The first-order valence-electron chi connectivity index (χ1n) is 6.48. The van der Waals surface area contributed by atoms with Crippen molar-refractivity contribution in [1.29, 1.82) is 0 Å². The number of hydrogen-bond acceptors (Lipinski definition) is 8. The van der Waals surface area contributed by atoms with E-state index in [4.69, 9.17) is 9.26 Å². The molecule has 0 saturated heterocycles. The Bertz CT molecular complexity index is 655. The first kappa shape index (κ1) is 17.3. The lowest BCUT2D eigenvalue weighted by atomic mass is 10.4. The Morgan fingerprint density at radius 2 is 2.22 bits per heavy atom. The zero-order valence-electron chi connectivity index (χ0n) is 12.1. The van der Waals surface area contributed by atoms with E-state index in [2.05, 4.69) is 24.8 Å². The molecule has 0 aromatic carbocycles. The van der Waals surface area contributed by atoms with Crippen molar-refractivity contribution in [2.75, 3.05) is 26.1 Å². The van der Waals surface area contributed by atoms with E-state index in [1.165, 1.54) is 19.5 Å². The summed E-state index contributed by atoms with van der Waals surface area (Å²) in [7, 11) is 0.107. The van der Waals surface area contributed by atoms with Gasteiger partial charge in [-0.1, -0.05) is 5.16 Å². The molecule has 2 aromatic rings. The van der Waals surface area contributed by atoms with E-state index in [1.807, 2.05) is 0 Å². The molecule has 1 unspecified atom stereocenters. The van der Waals surface area contributed by atoms with E-state index in [0.717, 1.165) is 0 Å². The fraction of sp³-hybridized carbons (Fsp3) is 0.500. The predicted octanol–water partition coefficient (Wildman–Crippen LogP) is 1.07. The van der Waals surface area contributed by atoms with Gasteiger partial charge in [-0.15, -0.1) is 0 Å². The van der Waals surface area contributed by atoms with Crippen molar-refractivity contribution in [1.82, 2.24) is 20.1 Å². The van der Waals surface area contributed by atoms with Crippen LogP contribution in [0, 0.1) is 0 Å². The average Bonchev–Trinajstić information content (AvgIpc) is 3.00. The Hall–Kier alpha value is -2.01. The van der Waals surface area contributed by atoms with Crippen molar-refractivity contribution in [3.8, 4) is 17.4 Å². The van der Waals surface area contributed by atoms with Crippen LogP contribution in [0.25, 0.3) is 11.5 Å². The number of hydrogen-bond donors (Lipinski definition) is 0. The minimum atomic E-state index is -2.54. The van der Waals surface area contributed by atoms with Crippen molar-refractivity contribution < 1.29 is 27.0 Å². The summed E-state index contributed by atoms with van der Waals surface area (Å²) in [5.41, 5.74) is 0.401. The third kappa shape index (κ3) is 5.60. The summed E-state index contributed by atoms with van der Waals surface area (Å²) in [5.74, 6) is 0.830. The Balaban J connectivity index is 1.88. The van der Waals surface area contributed by atoms with Crippen LogP contribution in [0.4, 0.5) is 8.78 Å². The third-order valence-corrected chi connectivity index (χ3v) is 3.72. The topological polar surface area (TPSA) is 100 Å². The largest absolute Gasteiger partial charge is 0.481 e. The molecule has 8 nitrogen and oxygen atoms in total. The van der Waals surface area contributed by atoms with Gasteiger partial charge in [-0.25, -0.2) is 18.7 Å². The van der Waals surface area contributed by atoms with Crippen molar-refractivity contribution in [2.24, 2.45) is 0 Å². The molecule has 11 heteroatoms. The molecule has 2 rings (SSSR count). The highest BCUT2D eigenvalue weighted by atomic mass is 32.2. The molecule has 23 heavy (non-hydrogen) atoms. The highest BCUT2D eigenvalue weighted by molar-refractivity contribution is 7.84. The van der Waals surface area contributed by atoms with E-state index in [9.17, 15) is 13.0 Å². The number of alkyl halides is 2. The molecule has 1 atom stereocenters. The van der Waals surface area contributed by atoms with Crippen LogP contribution in [-0.4, -0.2) is 56.8 Å². The fourth-order valence-corrected chi connectivity index (χ4v) is 2.37. The van der Waals surface area contributed by atoms with Gasteiger partial charge in [0.15, 0.2) is 0 Å². The molecule has 0 amide bonds. The van der Waals surface area contributed by atoms with E-state index in [1.54, 1.807) is 0 Å². The molecule has 2 heterocycles. The number of nitrogens with zero attached hydrogens (tertiary/aromatic N) is 4. The van der Waals surface area contributed by atoms with Crippen LogP contribution >= 0.6 is 0 Å². The van der Waals surface area contributed by atoms with Crippen LogP contribution < -0.4 is 4.74 Å². The molecule has 0 aliphatic carbocycles. The molecule has 0 N–H and O–H groups in total. The van der Waals surface area contributed by atoms with E-state index in [-0.39, 0.29) is 29.8 Å².